The Morgan fingerprint density at radius 1 is 1.17 bits per heavy atom. The number of pyridine rings is 1. The molecule has 3 nitrogen and oxygen atoms in total. The molecule has 0 aliphatic carbocycles. The Morgan fingerprint density at radius 2 is 1.94 bits per heavy atom. The molecule has 0 aliphatic rings. The Bertz CT molecular complexity index is 499. The number of hydrogen-bond acceptors (Lipinski definition) is 3. The molecule has 1 aromatic heterocycles. The lowest BCUT2D eigenvalue weighted by Crippen LogP contribution is -2.06. The average Bonchev–Trinajstić information content (AvgIpc) is 2.41. The van der Waals surface area contributed by atoms with Gasteiger partial charge in [-0.1, -0.05) is 29.8 Å². The molecule has 0 atom stereocenters. The fourth-order valence-electron chi connectivity index (χ4n) is 1.61. The molecule has 18 heavy (non-hydrogen) atoms. The van der Waals surface area contributed by atoms with Crippen molar-refractivity contribution in [1.82, 2.24) is 4.98 Å². The second kappa shape index (κ2) is 6.26. The van der Waals surface area contributed by atoms with Crippen molar-refractivity contribution in [3.63, 3.8) is 0 Å². The highest BCUT2D eigenvalue weighted by atomic mass is 35.5. The summed E-state index contributed by atoms with van der Waals surface area (Å²) < 4.78 is 5.07. The predicted octanol–water partition coefficient (Wildman–Crippen LogP) is 3.40. The van der Waals surface area contributed by atoms with Crippen LogP contribution >= 0.6 is 11.6 Å². The van der Waals surface area contributed by atoms with Gasteiger partial charge in [0.05, 0.1) is 7.11 Å². The zero-order valence-corrected chi connectivity index (χ0v) is 10.9. The van der Waals surface area contributed by atoms with Crippen LogP contribution in [0.25, 0.3) is 0 Å². The van der Waals surface area contributed by atoms with Crippen LogP contribution < -0.4 is 10.1 Å². The summed E-state index contributed by atoms with van der Waals surface area (Å²) in [4.78, 5) is 4.28. The zero-order chi connectivity index (χ0) is 12.8. The van der Waals surface area contributed by atoms with Crippen LogP contribution in [0.2, 0.25) is 5.02 Å². The number of ether oxygens (including phenoxy) is 1. The van der Waals surface area contributed by atoms with Gasteiger partial charge in [0.1, 0.15) is 5.82 Å². The van der Waals surface area contributed by atoms with E-state index in [0.717, 1.165) is 23.8 Å². The van der Waals surface area contributed by atoms with Crippen molar-refractivity contribution < 1.29 is 4.74 Å². The fraction of sp³-hybridized carbons (Fsp3) is 0.214. The van der Waals surface area contributed by atoms with E-state index in [9.17, 15) is 0 Å². The number of halogens is 1. The summed E-state index contributed by atoms with van der Waals surface area (Å²) in [5, 5.41) is 4.02. The van der Waals surface area contributed by atoms with Gasteiger partial charge in [-0.25, -0.2) is 0 Å². The first kappa shape index (κ1) is 12.7. The molecule has 0 saturated heterocycles. The van der Waals surface area contributed by atoms with Crippen LogP contribution in [0.1, 0.15) is 5.56 Å². The highest BCUT2D eigenvalue weighted by molar-refractivity contribution is 6.30. The molecule has 1 N–H and O–H groups in total. The van der Waals surface area contributed by atoms with Gasteiger partial charge in [0, 0.05) is 17.6 Å². The largest absolute Gasteiger partial charge is 0.481 e. The molecule has 0 fully saturated rings. The lowest BCUT2D eigenvalue weighted by Gasteiger charge is -2.07. The molecule has 2 rings (SSSR count). The summed E-state index contributed by atoms with van der Waals surface area (Å²) in [5.74, 6) is 1.44. The smallest absolute Gasteiger partial charge is 0.214 e. The summed E-state index contributed by atoms with van der Waals surface area (Å²) >= 11 is 5.84. The SMILES string of the molecule is COc1cccc(NCCc2ccc(Cl)cc2)n1. The second-order valence-corrected chi connectivity index (χ2v) is 4.30. The van der Waals surface area contributed by atoms with Crippen molar-refractivity contribution in [3.05, 3.63) is 53.1 Å². The van der Waals surface area contributed by atoms with Crippen molar-refractivity contribution in [3.8, 4) is 5.88 Å². The molecule has 0 bridgehead atoms. The zero-order valence-electron chi connectivity index (χ0n) is 10.2. The molecule has 0 spiro atoms. The van der Waals surface area contributed by atoms with Crippen LogP contribution in [0.4, 0.5) is 5.82 Å². The lowest BCUT2D eigenvalue weighted by molar-refractivity contribution is 0.398. The molecule has 1 heterocycles. The molecule has 94 valence electrons. The first-order chi connectivity index (χ1) is 8.78. The van der Waals surface area contributed by atoms with Crippen LogP contribution in [0, 0.1) is 0 Å². The lowest BCUT2D eigenvalue weighted by atomic mass is 10.1. The number of anilines is 1. The van der Waals surface area contributed by atoms with E-state index in [-0.39, 0.29) is 0 Å². The quantitative estimate of drug-likeness (QED) is 0.897. The molecular formula is C14H15ClN2O. The number of benzene rings is 1. The van der Waals surface area contributed by atoms with Crippen LogP contribution in [-0.2, 0) is 6.42 Å². The number of nitrogens with one attached hydrogen (secondary N) is 1. The molecule has 1 aromatic carbocycles. The standard InChI is InChI=1S/C14H15ClN2O/c1-18-14-4-2-3-13(17-14)16-10-9-11-5-7-12(15)8-6-11/h2-8H,9-10H2,1H3,(H,16,17). The molecule has 0 unspecified atom stereocenters. The third-order valence-corrected chi connectivity index (χ3v) is 2.82. The minimum atomic E-state index is 0.617. The maximum Gasteiger partial charge on any atom is 0.214 e. The third kappa shape index (κ3) is 3.64. The van der Waals surface area contributed by atoms with E-state index < -0.39 is 0 Å². The summed E-state index contributed by atoms with van der Waals surface area (Å²) in [6, 6.07) is 13.5. The number of methoxy groups -OCH3 is 1. The van der Waals surface area contributed by atoms with Gasteiger partial charge in [-0.3, -0.25) is 0 Å². The topological polar surface area (TPSA) is 34.1 Å². The van der Waals surface area contributed by atoms with E-state index in [0.29, 0.717) is 5.88 Å². The molecule has 0 aliphatic heterocycles. The summed E-state index contributed by atoms with van der Waals surface area (Å²) in [7, 11) is 1.61. The highest BCUT2D eigenvalue weighted by Crippen LogP contribution is 2.12. The van der Waals surface area contributed by atoms with Crippen molar-refractivity contribution in [2.45, 2.75) is 6.42 Å². The molecule has 4 heteroatoms. The molecule has 2 aromatic rings. The first-order valence-electron chi connectivity index (χ1n) is 5.77. The Balaban J connectivity index is 1.86. The summed E-state index contributed by atoms with van der Waals surface area (Å²) in [6.07, 6.45) is 0.927. The Hall–Kier alpha value is -1.74. The van der Waals surface area contributed by atoms with Gasteiger partial charge in [-0.05, 0) is 30.2 Å². The molecular weight excluding hydrogens is 248 g/mol. The van der Waals surface area contributed by atoms with Gasteiger partial charge in [0.25, 0.3) is 0 Å². The van der Waals surface area contributed by atoms with Crippen LogP contribution in [0.5, 0.6) is 5.88 Å². The van der Waals surface area contributed by atoms with Gasteiger partial charge in [-0.15, -0.1) is 0 Å². The van der Waals surface area contributed by atoms with Crippen molar-refractivity contribution >= 4 is 17.4 Å². The highest BCUT2D eigenvalue weighted by Gasteiger charge is 1.97. The Labute approximate surface area is 112 Å². The minimum Gasteiger partial charge on any atom is -0.481 e. The van der Waals surface area contributed by atoms with E-state index in [2.05, 4.69) is 10.3 Å². The first-order valence-corrected chi connectivity index (χ1v) is 6.15. The fourth-order valence-corrected chi connectivity index (χ4v) is 1.74. The monoisotopic (exact) mass is 262 g/mol. The minimum absolute atomic E-state index is 0.617. The van der Waals surface area contributed by atoms with Crippen LogP contribution in [-0.4, -0.2) is 18.6 Å². The van der Waals surface area contributed by atoms with E-state index in [4.69, 9.17) is 16.3 Å². The van der Waals surface area contributed by atoms with Crippen LogP contribution in [0.15, 0.2) is 42.5 Å². The van der Waals surface area contributed by atoms with E-state index in [1.54, 1.807) is 7.11 Å². The number of rotatable bonds is 5. The predicted molar refractivity (Wildman–Crippen MR) is 74.4 cm³/mol. The van der Waals surface area contributed by atoms with Gasteiger partial charge in [0.2, 0.25) is 5.88 Å². The maximum absolute atomic E-state index is 5.84. The van der Waals surface area contributed by atoms with E-state index >= 15 is 0 Å². The molecule has 0 amide bonds. The number of hydrogen-bond donors (Lipinski definition) is 1. The number of aromatic nitrogens is 1. The van der Waals surface area contributed by atoms with Gasteiger partial charge >= 0.3 is 0 Å². The molecule has 0 saturated carbocycles. The normalized spacial score (nSPS) is 10.1. The van der Waals surface area contributed by atoms with E-state index in [1.165, 1.54) is 5.56 Å². The number of nitrogens with zero attached hydrogens (tertiary/aromatic N) is 1. The Kier molecular flexibility index (Phi) is 4.42. The summed E-state index contributed by atoms with van der Waals surface area (Å²) in [6.45, 7) is 0.821. The van der Waals surface area contributed by atoms with Crippen molar-refractivity contribution in [1.29, 1.82) is 0 Å². The van der Waals surface area contributed by atoms with Gasteiger partial charge < -0.3 is 10.1 Å². The Morgan fingerprint density at radius 3 is 2.67 bits per heavy atom. The van der Waals surface area contributed by atoms with Crippen molar-refractivity contribution in [2.24, 2.45) is 0 Å². The average molecular weight is 263 g/mol. The van der Waals surface area contributed by atoms with E-state index in [1.807, 2.05) is 42.5 Å². The van der Waals surface area contributed by atoms with Gasteiger partial charge in [0.15, 0.2) is 0 Å². The summed E-state index contributed by atoms with van der Waals surface area (Å²) in [5.41, 5.74) is 1.25. The molecule has 0 radical (unpaired) electrons. The van der Waals surface area contributed by atoms with Crippen LogP contribution in [0.3, 0.4) is 0 Å². The van der Waals surface area contributed by atoms with Crippen molar-refractivity contribution in [2.75, 3.05) is 19.0 Å². The van der Waals surface area contributed by atoms with Gasteiger partial charge in [-0.2, -0.15) is 4.98 Å². The maximum atomic E-state index is 5.84. The third-order valence-electron chi connectivity index (χ3n) is 2.57. The second-order valence-electron chi connectivity index (χ2n) is 3.87.